The van der Waals surface area contributed by atoms with Crippen molar-refractivity contribution in [1.29, 1.82) is 0 Å². The minimum Gasteiger partial charge on any atom is -0.444 e. The Labute approximate surface area is 133 Å². The Balaban J connectivity index is 0. The van der Waals surface area contributed by atoms with Gasteiger partial charge >= 0.3 is 12.3 Å². The van der Waals surface area contributed by atoms with Gasteiger partial charge in [-0.2, -0.15) is 13.2 Å². The molecule has 1 amide bonds. The maximum absolute atomic E-state index is 11.7. The average Bonchev–Trinajstić information content (AvgIpc) is 2.33. The molecule has 0 spiro atoms. The molecule has 0 heterocycles. The fraction of sp³-hybridized carbons (Fsp3) is 0.846. The van der Waals surface area contributed by atoms with Crippen LogP contribution in [0.4, 0.5) is 18.0 Å². The van der Waals surface area contributed by atoms with Crippen LogP contribution in [0.15, 0.2) is 0 Å². The first-order chi connectivity index (χ1) is 9.66. The van der Waals surface area contributed by atoms with Gasteiger partial charge in [0.25, 0.3) is 0 Å². The third kappa shape index (κ3) is 11.6. The maximum Gasteiger partial charge on any atom is 0.416 e. The fourth-order valence-electron chi connectivity index (χ4n) is 0.648. The first-order valence-corrected chi connectivity index (χ1v) is 6.86. The van der Waals surface area contributed by atoms with Crippen LogP contribution in [-0.2, 0) is 14.3 Å². The third-order valence-corrected chi connectivity index (χ3v) is 2.47. The Hall–Kier alpha value is -1.02. The van der Waals surface area contributed by atoms with E-state index in [-0.39, 0.29) is 18.2 Å². The molecule has 0 rings (SSSR count). The molecular weight excluding hydrogens is 327 g/mol. The smallest absolute Gasteiger partial charge is 0.416 e. The van der Waals surface area contributed by atoms with E-state index >= 15 is 0 Å². The number of alkyl halides is 4. The molecule has 22 heavy (non-hydrogen) atoms. The lowest BCUT2D eigenvalue weighted by atomic mass is 10.1. The highest BCUT2D eigenvalue weighted by Gasteiger charge is 2.47. The molecule has 0 unspecified atom stereocenters. The van der Waals surface area contributed by atoms with E-state index in [2.05, 4.69) is 10.1 Å². The number of alkyl carbamates (subject to hydrolysis) is 1. The van der Waals surface area contributed by atoms with Crippen LogP contribution in [0.1, 0.15) is 34.6 Å². The molecule has 0 saturated carbocycles. The minimum atomic E-state index is -4.28. The molecule has 132 valence electrons. The van der Waals surface area contributed by atoms with Gasteiger partial charge in [0.2, 0.25) is 0 Å². The van der Waals surface area contributed by atoms with Crippen molar-refractivity contribution in [1.82, 2.24) is 5.32 Å². The second kappa shape index (κ2) is 9.19. The molecule has 0 aliphatic carbocycles. The molecule has 0 aromatic rings. The summed E-state index contributed by atoms with van der Waals surface area (Å²) in [7, 11) is 1.04. The molecule has 0 aromatic carbocycles. The summed E-state index contributed by atoms with van der Waals surface area (Å²) in [6.07, 6.45) is -4.88. The topological polar surface area (TPSA) is 64.6 Å². The summed E-state index contributed by atoms with van der Waals surface area (Å²) in [5, 5.41) is 2.29. The van der Waals surface area contributed by atoms with Gasteiger partial charge in [-0.3, -0.25) is 4.79 Å². The highest BCUT2D eigenvalue weighted by Crippen LogP contribution is 2.31. The van der Waals surface area contributed by atoms with Gasteiger partial charge in [0.15, 0.2) is 11.4 Å². The zero-order chi connectivity index (χ0) is 18.2. The lowest BCUT2D eigenvalue weighted by molar-refractivity contribution is -0.255. The number of Topliss-reactive ketones (excluding diaryl/α,β-unsaturated/α-hetero) is 1. The van der Waals surface area contributed by atoms with Crippen molar-refractivity contribution in [3.63, 3.8) is 0 Å². The predicted octanol–water partition coefficient (Wildman–Crippen LogP) is 3.29. The summed E-state index contributed by atoms with van der Waals surface area (Å²) in [6.45, 7) is 7.11. The standard InChI is InChI=1S/C8H14ClNO3.C5H9F3O/c1-8(2,3)13-7(12)10-5-6(11)4-9;1-4(2,9-3)5(6,7)8/h4-5H2,1-3H3,(H,10,12);1-3H3. The molecule has 9 heteroatoms. The van der Waals surface area contributed by atoms with Crippen molar-refractivity contribution in [3.05, 3.63) is 0 Å². The van der Waals surface area contributed by atoms with Crippen molar-refractivity contribution < 1.29 is 32.2 Å². The molecule has 0 atom stereocenters. The number of carbonyl (C=O) groups is 2. The molecule has 0 aromatic heterocycles. The monoisotopic (exact) mass is 349 g/mol. The van der Waals surface area contributed by atoms with Gasteiger partial charge in [-0.15, -0.1) is 11.6 Å². The summed E-state index contributed by atoms with van der Waals surface area (Å²) in [5.74, 6) is -0.344. The van der Waals surface area contributed by atoms with Crippen LogP contribution in [0.25, 0.3) is 0 Å². The Morgan fingerprint density at radius 3 is 1.77 bits per heavy atom. The quantitative estimate of drug-likeness (QED) is 0.791. The first kappa shape index (κ1) is 23.2. The fourth-order valence-corrected chi connectivity index (χ4v) is 0.742. The normalized spacial score (nSPS) is 12.1. The van der Waals surface area contributed by atoms with E-state index in [1.165, 1.54) is 0 Å². The summed E-state index contributed by atoms with van der Waals surface area (Å²) in [4.78, 5) is 21.6. The number of nitrogens with one attached hydrogen (secondary N) is 1. The van der Waals surface area contributed by atoms with E-state index in [4.69, 9.17) is 16.3 Å². The number of methoxy groups -OCH3 is 1. The number of amides is 1. The van der Waals surface area contributed by atoms with Crippen molar-refractivity contribution >= 4 is 23.5 Å². The molecule has 0 fully saturated rings. The van der Waals surface area contributed by atoms with Crippen molar-refractivity contribution in [2.75, 3.05) is 19.5 Å². The van der Waals surface area contributed by atoms with Gasteiger partial charge in [0.1, 0.15) is 5.60 Å². The van der Waals surface area contributed by atoms with Crippen LogP contribution in [0, 0.1) is 0 Å². The SMILES string of the molecule is CC(C)(C)OC(=O)NCC(=O)CCl.COC(C)(C)C(F)(F)F. The Morgan fingerprint density at radius 1 is 1.09 bits per heavy atom. The van der Waals surface area contributed by atoms with E-state index in [9.17, 15) is 22.8 Å². The average molecular weight is 350 g/mol. The van der Waals surface area contributed by atoms with Crippen molar-refractivity contribution in [3.8, 4) is 0 Å². The number of carbonyl (C=O) groups excluding carboxylic acids is 2. The van der Waals surface area contributed by atoms with Gasteiger partial charge in [0.05, 0.1) is 12.4 Å². The molecule has 1 N–H and O–H groups in total. The van der Waals surface area contributed by atoms with Crippen LogP contribution in [0.3, 0.4) is 0 Å². The van der Waals surface area contributed by atoms with Gasteiger partial charge in [-0.1, -0.05) is 0 Å². The number of rotatable bonds is 4. The summed E-state index contributed by atoms with van der Waals surface area (Å²) < 4.78 is 44.2. The zero-order valence-electron chi connectivity index (χ0n) is 13.6. The van der Waals surface area contributed by atoms with Gasteiger partial charge in [-0.25, -0.2) is 4.79 Å². The number of ether oxygens (including phenoxy) is 2. The molecule has 0 aliphatic rings. The number of hydrogen-bond donors (Lipinski definition) is 1. The van der Waals surface area contributed by atoms with E-state index in [0.717, 1.165) is 21.0 Å². The summed E-state index contributed by atoms with van der Waals surface area (Å²) >= 11 is 5.23. The number of halogens is 4. The van der Waals surface area contributed by atoms with Crippen molar-refractivity contribution in [2.45, 2.75) is 52.0 Å². The van der Waals surface area contributed by atoms with Gasteiger partial charge in [-0.05, 0) is 34.6 Å². The van der Waals surface area contributed by atoms with Gasteiger partial charge in [0, 0.05) is 7.11 Å². The second-order valence-electron chi connectivity index (χ2n) is 5.74. The molecule has 0 saturated heterocycles. The highest BCUT2D eigenvalue weighted by molar-refractivity contribution is 6.28. The summed E-state index contributed by atoms with van der Waals surface area (Å²) in [6, 6.07) is 0. The highest BCUT2D eigenvalue weighted by atomic mass is 35.5. The Morgan fingerprint density at radius 2 is 1.55 bits per heavy atom. The van der Waals surface area contributed by atoms with Crippen LogP contribution < -0.4 is 5.32 Å². The third-order valence-electron chi connectivity index (χ3n) is 2.17. The van der Waals surface area contributed by atoms with E-state index in [1.54, 1.807) is 20.8 Å². The minimum absolute atomic E-state index is 0.0849. The van der Waals surface area contributed by atoms with E-state index in [0.29, 0.717) is 0 Å². The number of hydrogen-bond acceptors (Lipinski definition) is 4. The maximum atomic E-state index is 11.7. The van der Waals surface area contributed by atoms with E-state index < -0.39 is 23.5 Å². The van der Waals surface area contributed by atoms with Crippen LogP contribution in [0.2, 0.25) is 0 Å². The number of ketones is 1. The Bertz CT molecular complexity index is 365. The van der Waals surface area contributed by atoms with E-state index in [1.807, 2.05) is 0 Å². The Kier molecular flexibility index (Phi) is 9.72. The largest absolute Gasteiger partial charge is 0.444 e. The molecule has 5 nitrogen and oxygen atoms in total. The second-order valence-corrected chi connectivity index (χ2v) is 6.01. The van der Waals surface area contributed by atoms with Crippen LogP contribution >= 0.6 is 11.6 Å². The molecule has 0 bridgehead atoms. The molecule has 0 aliphatic heterocycles. The molecular formula is C13H23ClF3NO4. The lowest BCUT2D eigenvalue weighted by Gasteiger charge is -2.25. The van der Waals surface area contributed by atoms with Crippen LogP contribution in [0.5, 0.6) is 0 Å². The van der Waals surface area contributed by atoms with Crippen molar-refractivity contribution in [2.24, 2.45) is 0 Å². The molecule has 0 radical (unpaired) electrons. The van der Waals surface area contributed by atoms with Gasteiger partial charge < -0.3 is 14.8 Å². The first-order valence-electron chi connectivity index (χ1n) is 6.32. The summed E-state index contributed by atoms with van der Waals surface area (Å²) in [5.41, 5.74) is -2.57. The predicted molar refractivity (Wildman–Crippen MR) is 77.1 cm³/mol. The lowest BCUT2D eigenvalue weighted by Crippen LogP contribution is -2.40. The van der Waals surface area contributed by atoms with Crippen LogP contribution in [-0.4, -0.2) is 48.8 Å². The zero-order valence-corrected chi connectivity index (χ0v) is 14.3.